The fraction of sp³-hybridized carbons (Fsp3) is 0.154. The van der Waals surface area contributed by atoms with E-state index >= 15 is 0 Å². The first-order valence-corrected chi connectivity index (χ1v) is 8.75. The van der Waals surface area contributed by atoms with Gasteiger partial charge in [0.25, 0.3) is 16.0 Å². The predicted molar refractivity (Wildman–Crippen MR) is 86.5 cm³/mol. The number of thioether (sulfide) groups is 1. The summed E-state index contributed by atoms with van der Waals surface area (Å²) in [4.78, 5) is 15.8. The molecule has 0 saturated carbocycles. The molecule has 0 aromatic heterocycles. The molecule has 120 valence electrons. The topological polar surface area (TPSA) is 132 Å². The van der Waals surface area contributed by atoms with Crippen LogP contribution in [-0.2, 0) is 14.9 Å². The van der Waals surface area contributed by atoms with E-state index in [4.69, 9.17) is 9.81 Å². The van der Waals surface area contributed by atoms with Crippen LogP contribution >= 0.6 is 11.8 Å². The van der Waals surface area contributed by atoms with Crippen molar-refractivity contribution < 1.29 is 17.8 Å². The van der Waals surface area contributed by atoms with E-state index in [-0.39, 0.29) is 16.2 Å². The maximum absolute atomic E-state index is 12.0. The van der Waals surface area contributed by atoms with Crippen molar-refractivity contribution in [3.8, 4) is 6.07 Å². The summed E-state index contributed by atoms with van der Waals surface area (Å²) in [5, 5.41) is 14.9. The molecule has 2 rings (SSSR count). The average molecular weight is 352 g/mol. The number of aliphatic imine (C=N–C) groups is 1. The molecule has 0 fully saturated rings. The number of carbonyl (C=O) groups excluding carboxylic acids is 1. The zero-order valence-electron chi connectivity index (χ0n) is 11.7. The van der Waals surface area contributed by atoms with Gasteiger partial charge in [-0.1, -0.05) is 11.8 Å². The Balaban J connectivity index is 2.04. The molecule has 1 heterocycles. The minimum Gasteiger partial charge on any atom is -0.340 e. The van der Waals surface area contributed by atoms with Crippen LogP contribution in [0, 0.1) is 11.3 Å². The highest BCUT2D eigenvalue weighted by Crippen LogP contribution is 2.14. The molecule has 8 nitrogen and oxygen atoms in total. The Morgan fingerprint density at radius 1 is 1.39 bits per heavy atom. The number of rotatable bonds is 4. The molecule has 0 unspecified atom stereocenters. The van der Waals surface area contributed by atoms with E-state index in [9.17, 15) is 13.2 Å². The number of nitrogens with zero attached hydrogens (tertiary/aromatic N) is 2. The molecular weight excluding hydrogens is 340 g/mol. The lowest BCUT2D eigenvalue weighted by molar-refractivity contribution is -0.112. The summed E-state index contributed by atoms with van der Waals surface area (Å²) >= 11 is 1.49. The van der Waals surface area contributed by atoms with Crippen molar-refractivity contribution >= 4 is 38.6 Å². The molecule has 0 radical (unpaired) electrons. The van der Waals surface area contributed by atoms with Gasteiger partial charge in [0.05, 0.1) is 11.4 Å². The van der Waals surface area contributed by atoms with Gasteiger partial charge in [-0.25, -0.2) is 0 Å². The molecule has 1 aliphatic rings. The van der Waals surface area contributed by atoms with E-state index in [1.807, 2.05) is 0 Å². The van der Waals surface area contributed by atoms with Crippen LogP contribution in [0.1, 0.15) is 0 Å². The fourth-order valence-corrected chi connectivity index (χ4v) is 2.79. The lowest BCUT2D eigenvalue weighted by Gasteiger charge is -2.05. The molecule has 23 heavy (non-hydrogen) atoms. The normalized spacial score (nSPS) is 14.8. The first kappa shape index (κ1) is 17.0. The molecule has 0 spiro atoms. The number of hydrogen-bond acceptors (Lipinski definition) is 7. The van der Waals surface area contributed by atoms with E-state index in [0.717, 1.165) is 17.9 Å². The van der Waals surface area contributed by atoms with Crippen molar-refractivity contribution in [1.29, 1.82) is 5.26 Å². The summed E-state index contributed by atoms with van der Waals surface area (Å²) in [5.74, 6) is 0.202. The Labute approximate surface area is 137 Å². The molecule has 1 aromatic rings. The molecule has 10 heteroatoms. The number of benzene rings is 1. The number of amides is 1. The summed E-state index contributed by atoms with van der Waals surface area (Å²) in [6.45, 7) is 0.690. The van der Waals surface area contributed by atoms with Gasteiger partial charge in [0.1, 0.15) is 11.6 Å². The van der Waals surface area contributed by atoms with Crippen LogP contribution in [0.2, 0.25) is 0 Å². The molecule has 0 atom stereocenters. The molecule has 1 aliphatic heterocycles. The van der Waals surface area contributed by atoms with Crippen LogP contribution in [-0.4, -0.2) is 36.3 Å². The van der Waals surface area contributed by atoms with Gasteiger partial charge < -0.3 is 10.6 Å². The highest BCUT2D eigenvalue weighted by molar-refractivity contribution is 8.14. The van der Waals surface area contributed by atoms with Crippen molar-refractivity contribution in [2.24, 2.45) is 4.99 Å². The first-order valence-electron chi connectivity index (χ1n) is 6.33. The largest absolute Gasteiger partial charge is 0.340 e. The maximum Gasteiger partial charge on any atom is 0.294 e. The Morgan fingerprint density at radius 3 is 2.61 bits per heavy atom. The first-order chi connectivity index (χ1) is 10.9. The minimum absolute atomic E-state index is 0.154. The zero-order chi connectivity index (χ0) is 16.9. The zero-order valence-corrected chi connectivity index (χ0v) is 13.3. The van der Waals surface area contributed by atoms with Crippen molar-refractivity contribution in [1.82, 2.24) is 5.32 Å². The highest BCUT2D eigenvalue weighted by Gasteiger charge is 2.13. The summed E-state index contributed by atoms with van der Waals surface area (Å²) in [6.07, 6.45) is 1.26. The fourth-order valence-electron chi connectivity index (χ4n) is 1.61. The average Bonchev–Trinajstić information content (AvgIpc) is 3.01. The summed E-state index contributed by atoms with van der Waals surface area (Å²) < 4.78 is 30.7. The quantitative estimate of drug-likeness (QED) is 0.418. The molecule has 0 saturated heterocycles. The molecule has 0 aliphatic carbocycles. The highest BCUT2D eigenvalue weighted by atomic mass is 32.2. The van der Waals surface area contributed by atoms with E-state index in [1.54, 1.807) is 6.07 Å². The Hall–Kier alpha value is -2.35. The van der Waals surface area contributed by atoms with Gasteiger partial charge in [-0.15, -0.1) is 0 Å². The van der Waals surface area contributed by atoms with E-state index in [2.05, 4.69) is 15.6 Å². The van der Waals surface area contributed by atoms with Crippen molar-refractivity contribution in [2.75, 3.05) is 17.6 Å². The number of anilines is 1. The van der Waals surface area contributed by atoms with Crippen LogP contribution in [0.4, 0.5) is 5.69 Å². The van der Waals surface area contributed by atoms with Gasteiger partial charge in [-0.2, -0.15) is 13.7 Å². The third-order valence-electron chi connectivity index (χ3n) is 2.70. The molecule has 1 aromatic carbocycles. The van der Waals surface area contributed by atoms with E-state index < -0.39 is 16.0 Å². The second-order valence-electron chi connectivity index (χ2n) is 4.30. The number of carbonyl (C=O) groups is 1. The molecule has 1 amide bonds. The van der Waals surface area contributed by atoms with Gasteiger partial charge in [-0.3, -0.25) is 14.3 Å². The van der Waals surface area contributed by atoms with E-state index in [0.29, 0.717) is 11.7 Å². The predicted octanol–water partition coefficient (Wildman–Crippen LogP) is 0.972. The molecular formula is C13H12N4O4S2. The lowest BCUT2D eigenvalue weighted by Crippen LogP contribution is -2.18. The monoisotopic (exact) mass is 352 g/mol. The van der Waals surface area contributed by atoms with Crippen molar-refractivity contribution in [3.05, 3.63) is 36.0 Å². The van der Waals surface area contributed by atoms with Gasteiger partial charge >= 0.3 is 0 Å². The number of amidine groups is 1. The van der Waals surface area contributed by atoms with Crippen molar-refractivity contribution in [2.45, 2.75) is 4.90 Å². The summed E-state index contributed by atoms with van der Waals surface area (Å²) in [6, 6.07) is 6.66. The van der Waals surface area contributed by atoms with Gasteiger partial charge in [0.15, 0.2) is 5.17 Å². The van der Waals surface area contributed by atoms with Crippen LogP contribution in [0.3, 0.4) is 0 Å². The number of nitriles is 1. The Kier molecular flexibility index (Phi) is 5.38. The summed E-state index contributed by atoms with van der Waals surface area (Å²) in [5.41, 5.74) is 0.134. The molecule has 0 bridgehead atoms. The Morgan fingerprint density at radius 2 is 2.09 bits per heavy atom. The van der Waals surface area contributed by atoms with Gasteiger partial charge in [-0.05, 0) is 24.3 Å². The van der Waals surface area contributed by atoms with Gasteiger partial charge in [0.2, 0.25) is 0 Å². The number of hydrogen-bond donors (Lipinski definition) is 3. The summed E-state index contributed by atoms with van der Waals surface area (Å²) in [7, 11) is -4.29. The standard InChI is InChI=1S/C13H12N4O4S2/c14-7-9(8-16-13-15-5-6-22-13)12(18)17-10-1-3-11(4-2-10)23(19,20)21/h1-4,8H,5-6H2,(H,15,16)(H,17,18)(H,19,20,21)/b9-8-. The second-order valence-corrected chi connectivity index (χ2v) is 6.81. The van der Waals surface area contributed by atoms with Crippen molar-refractivity contribution in [3.63, 3.8) is 0 Å². The van der Waals surface area contributed by atoms with E-state index in [1.165, 1.54) is 30.1 Å². The number of nitrogens with one attached hydrogen (secondary N) is 2. The smallest absolute Gasteiger partial charge is 0.294 e. The second kappa shape index (κ2) is 7.28. The van der Waals surface area contributed by atoms with Crippen LogP contribution in [0.15, 0.2) is 45.9 Å². The molecule has 3 N–H and O–H groups in total. The van der Waals surface area contributed by atoms with Crippen LogP contribution in [0.25, 0.3) is 0 Å². The minimum atomic E-state index is -4.29. The third-order valence-corrected chi connectivity index (χ3v) is 4.48. The third kappa shape index (κ3) is 4.82. The van der Waals surface area contributed by atoms with Crippen LogP contribution < -0.4 is 10.6 Å². The van der Waals surface area contributed by atoms with Gasteiger partial charge in [0, 0.05) is 17.6 Å². The lowest BCUT2D eigenvalue weighted by atomic mass is 10.2. The SMILES string of the molecule is N#C/C(=C/NC1=NCCS1)C(=O)Nc1ccc(S(=O)(=O)O)cc1. The Bertz CT molecular complexity index is 807. The maximum atomic E-state index is 12.0. The van der Waals surface area contributed by atoms with Crippen LogP contribution in [0.5, 0.6) is 0 Å².